The molecule has 0 saturated heterocycles. The number of sulfonamides is 1. The highest BCUT2D eigenvalue weighted by molar-refractivity contribution is 7.88. The van der Waals surface area contributed by atoms with Crippen LogP contribution in [0.2, 0.25) is 0 Å². The summed E-state index contributed by atoms with van der Waals surface area (Å²) in [6.07, 6.45) is -1.13. The lowest BCUT2D eigenvalue weighted by Gasteiger charge is -2.10. The third kappa shape index (κ3) is 4.43. The first-order valence-electron chi connectivity index (χ1n) is 5.23. The topological polar surface area (TPSA) is 110 Å². The molecule has 0 aliphatic heterocycles. The highest BCUT2D eigenvalue weighted by Crippen LogP contribution is 2.10. The van der Waals surface area contributed by atoms with Crippen LogP contribution in [0, 0.1) is 11.3 Å². The Morgan fingerprint density at radius 1 is 1.39 bits per heavy atom. The van der Waals surface area contributed by atoms with E-state index in [1.54, 1.807) is 18.2 Å². The second kappa shape index (κ2) is 6.47. The van der Waals surface area contributed by atoms with Gasteiger partial charge in [-0.3, -0.25) is 0 Å². The SMILES string of the molecule is N#Cc1ccccc1CS(=O)(=O)NCC(O)CO. The fourth-order valence-electron chi connectivity index (χ4n) is 1.30. The average molecular weight is 270 g/mol. The standard InChI is InChI=1S/C11H14N2O4S/c12-5-9-3-1-2-4-10(9)8-18(16,17)13-6-11(15)7-14/h1-4,11,13-15H,6-8H2. The van der Waals surface area contributed by atoms with Crippen molar-refractivity contribution in [2.24, 2.45) is 0 Å². The lowest BCUT2D eigenvalue weighted by atomic mass is 10.1. The molecule has 98 valence electrons. The first-order chi connectivity index (χ1) is 8.48. The zero-order valence-corrected chi connectivity index (χ0v) is 10.4. The van der Waals surface area contributed by atoms with Gasteiger partial charge in [0, 0.05) is 6.54 Å². The van der Waals surface area contributed by atoms with Gasteiger partial charge in [0.05, 0.1) is 30.1 Å². The second-order valence-corrected chi connectivity index (χ2v) is 5.52. The molecule has 0 heterocycles. The van der Waals surface area contributed by atoms with Gasteiger partial charge in [-0.2, -0.15) is 5.26 Å². The maximum absolute atomic E-state index is 11.7. The predicted molar refractivity (Wildman–Crippen MR) is 64.9 cm³/mol. The Morgan fingerprint density at radius 2 is 2.06 bits per heavy atom. The Hall–Kier alpha value is -1.46. The number of aliphatic hydroxyl groups is 2. The summed E-state index contributed by atoms with van der Waals surface area (Å²) in [5.41, 5.74) is 0.691. The third-order valence-electron chi connectivity index (χ3n) is 2.23. The van der Waals surface area contributed by atoms with E-state index >= 15 is 0 Å². The van der Waals surface area contributed by atoms with Crippen molar-refractivity contribution >= 4 is 10.0 Å². The van der Waals surface area contributed by atoms with Gasteiger partial charge in [-0.25, -0.2) is 13.1 Å². The van der Waals surface area contributed by atoms with Gasteiger partial charge >= 0.3 is 0 Å². The van der Waals surface area contributed by atoms with Crippen molar-refractivity contribution < 1.29 is 18.6 Å². The highest BCUT2D eigenvalue weighted by atomic mass is 32.2. The summed E-state index contributed by atoms with van der Waals surface area (Å²) in [5.74, 6) is -0.338. The number of rotatable bonds is 6. The summed E-state index contributed by atoms with van der Waals surface area (Å²) in [5, 5.41) is 26.5. The van der Waals surface area contributed by atoms with Crippen molar-refractivity contribution in [1.82, 2.24) is 4.72 Å². The lowest BCUT2D eigenvalue weighted by Crippen LogP contribution is -2.34. The minimum absolute atomic E-state index is 0.256. The quantitative estimate of drug-likeness (QED) is 0.635. The Bertz CT molecular complexity index is 536. The maximum Gasteiger partial charge on any atom is 0.215 e. The summed E-state index contributed by atoms with van der Waals surface area (Å²) in [7, 11) is -3.64. The summed E-state index contributed by atoms with van der Waals surface area (Å²) >= 11 is 0. The van der Waals surface area contributed by atoms with Crippen molar-refractivity contribution in [3.8, 4) is 6.07 Å². The molecule has 1 atom stereocenters. The van der Waals surface area contributed by atoms with Crippen molar-refractivity contribution in [3.63, 3.8) is 0 Å². The van der Waals surface area contributed by atoms with Crippen LogP contribution >= 0.6 is 0 Å². The lowest BCUT2D eigenvalue weighted by molar-refractivity contribution is 0.0988. The molecule has 3 N–H and O–H groups in total. The minimum Gasteiger partial charge on any atom is -0.394 e. The largest absolute Gasteiger partial charge is 0.394 e. The normalized spacial score (nSPS) is 12.9. The fourth-order valence-corrected chi connectivity index (χ4v) is 2.51. The molecule has 6 nitrogen and oxygen atoms in total. The van der Waals surface area contributed by atoms with Gasteiger partial charge in [-0.15, -0.1) is 0 Å². The van der Waals surface area contributed by atoms with Crippen LogP contribution in [0.15, 0.2) is 24.3 Å². The monoisotopic (exact) mass is 270 g/mol. The molecule has 0 aliphatic rings. The van der Waals surface area contributed by atoms with Gasteiger partial charge in [0.1, 0.15) is 0 Å². The smallest absolute Gasteiger partial charge is 0.215 e. The molecule has 0 amide bonds. The van der Waals surface area contributed by atoms with Crippen LogP contribution in [0.3, 0.4) is 0 Å². The van der Waals surface area contributed by atoms with Crippen LogP contribution < -0.4 is 4.72 Å². The van der Waals surface area contributed by atoms with Crippen LogP contribution in [0.25, 0.3) is 0 Å². The number of benzene rings is 1. The molecule has 0 aliphatic carbocycles. The fraction of sp³-hybridized carbons (Fsp3) is 0.364. The van der Waals surface area contributed by atoms with Crippen LogP contribution in [0.5, 0.6) is 0 Å². The number of nitrogens with zero attached hydrogens (tertiary/aromatic N) is 1. The summed E-state index contributed by atoms with van der Waals surface area (Å²) < 4.78 is 25.5. The molecule has 0 aromatic heterocycles. The summed E-state index contributed by atoms with van der Waals surface area (Å²) in [4.78, 5) is 0. The van der Waals surface area contributed by atoms with Crippen molar-refractivity contribution in [1.29, 1.82) is 5.26 Å². The van der Waals surface area contributed by atoms with E-state index in [1.807, 2.05) is 6.07 Å². The van der Waals surface area contributed by atoms with Crippen molar-refractivity contribution in [3.05, 3.63) is 35.4 Å². The van der Waals surface area contributed by atoms with Gasteiger partial charge in [0.2, 0.25) is 10.0 Å². The van der Waals surface area contributed by atoms with E-state index in [-0.39, 0.29) is 12.3 Å². The average Bonchev–Trinajstić information content (AvgIpc) is 2.36. The van der Waals surface area contributed by atoms with Crippen LogP contribution in [0.1, 0.15) is 11.1 Å². The molecule has 7 heteroatoms. The van der Waals surface area contributed by atoms with E-state index in [0.29, 0.717) is 11.1 Å². The maximum atomic E-state index is 11.7. The predicted octanol–water partition coefficient (Wildman–Crippen LogP) is -0.669. The Labute approximate surface area is 106 Å². The van der Waals surface area contributed by atoms with E-state index in [2.05, 4.69) is 4.72 Å². The van der Waals surface area contributed by atoms with Crippen molar-refractivity contribution in [2.45, 2.75) is 11.9 Å². The number of nitrogens with one attached hydrogen (secondary N) is 1. The minimum atomic E-state index is -3.64. The molecular weight excluding hydrogens is 256 g/mol. The second-order valence-electron chi connectivity index (χ2n) is 3.71. The van der Waals surface area contributed by atoms with E-state index < -0.39 is 22.7 Å². The Kier molecular flexibility index (Phi) is 5.25. The van der Waals surface area contributed by atoms with Gasteiger partial charge in [-0.1, -0.05) is 18.2 Å². The molecule has 0 radical (unpaired) electrons. The molecule has 1 aromatic carbocycles. The van der Waals surface area contributed by atoms with Crippen LogP contribution in [-0.4, -0.2) is 37.9 Å². The summed E-state index contributed by atoms with van der Waals surface area (Å²) in [6, 6.07) is 8.30. The van der Waals surface area contributed by atoms with E-state index in [4.69, 9.17) is 15.5 Å². The summed E-state index contributed by atoms with van der Waals surface area (Å²) in [6.45, 7) is -0.773. The molecular formula is C11H14N2O4S. The van der Waals surface area contributed by atoms with E-state index in [9.17, 15) is 8.42 Å². The van der Waals surface area contributed by atoms with Crippen LogP contribution in [-0.2, 0) is 15.8 Å². The zero-order valence-electron chi connectivity index (χ0n) is 9.57. The van der Waals surface area contributed by atoms with Gasteiger partial charge in [-0.05, 0) is 11.6 Å². The number of hydrogen-bond acceptors (Lipinski definition) is 5. The highest BCUT2D eigenvalue weighted by Gasteiger charge is 2.15. The van der Waals surface area contributed by atoms with Crippen LogP contribution in [0.4, 0.5) is 0 Å². The van der Waals surface area contributed by atoms with Gasteiger partial charge in [0.25, 0.3) is 0 Å². The number of hydrogen-bond donors (Lipinski definition) is 3. The van der Waals surface area contributed by atoms with E-state index in [0.717, 1.165) is 0 Å². The van der Waals surface area contributed by atoms with Crippen molar-refractivity contribution in [2.75, 3.05) is 13.2 Å². The zero-order chi connectivity index (χ0) is 13.6. The first kappa shape index (κ1) is 14.6. The molecule has 1 aromatic rings. The Morgan fingerprint density at radius 3 is 2.67 bits per heavy atom. The third-order valence-corrected chi connectivity index (χ3v) is 3.53. The molecule has 18 heavy (non-hydrogen) atoms. The number of aliphatic hydroxyl groups excluding tert-OH is 2. The van der Waals surface area contributed by atoms with E-state index in [1.165, 1.54) is 6.07 Å². The number of nitriles is 1. The van der Waals surface area contributed by atoms with Gasteiger partial charge < -0.3 is 10.2 Å². The molecule has 0 spiro atoms. The Balaban J connectivity index is 2.74. The molecule has 0 fully saturated rings. The molecule has 0 bridgehead atoms. The molecule has 0 saturated carbocycles. The first-order valence-corrected chi connectivity index (χ1v) is 6.88. The molecule has 1 rings (SSSR count). The van der Waals surface area contributed by atoms with Gasteiger partial charge in [0.15, 0.2) is 0 Å². The molecule has 1 unspecified atom stereocenters.